The van der Waals surface area contributed by atoms with Crippen molar-refractivity contribution in [1.29, 1.82) is 5.26 Å². The Bertz CT molecular complexity index is 620. The SMILES string of the molecule is C[C@]12CCC3=C4CCC(=O)C=C4CC[C@H]3[C@@H]1CC[C@H]2CC#N. The van der Waals surface area contributed by atoms with Gasteiger partial charge in [-0.3, -0.25) is 4.79 Å². The molecule has 0 aromatic carbocycles. The summed E-state index contributed by atoms with van der Waals surface area (Å²) in [5, 5.41) is 9.14. The number of rotatable bonds is 1. The van der Waals surface area contributed by atoms with Crippen molar-refractivity contribution < 1.29 is 4.79 Å². The maximum Gasteiger partial charge on any atom is 0.156 e. The van der Waals surface area contributed by atoms with Crippen molar-refractivity contribution in [3.8, 4) is 6.07 Å². The minimum atomic E-state index is 0.327. The first-order valence-electron chi connectivity index (χ1n) is 8.96. The fraction of sp³-hybridized carbons (Fsp3) is 0.700. The highest BCUT2D eigenvalue weighted by atomic mass is 16.1. The number of nitrogens with zero attached hydrogens (tertiary/aromatic N) is 1. The second-order valence-electron chi connectivity index (χ2n) is 8.03. The van der Waals surface area contributed by atoms with E-state index in [4.69, 9.17) is 5.26 Å². The van der Waals surface area contributed by atoms with Crippen molar-refractivity contribution in [2.24, 2.45) is 23.2 Å². The van der Waals surface area contributed by atoms with Crippen LogP contribution in [0.25, 0.3) is 0 Å². The highest BCUT2D eigenvalue weighted by molar-refractivity contribution is 5.93. The van der Waals surface area contributed by atoms with Gasteiger partial charge in [-0.2, -0.15) is 5.26 Å². The predicted molar refractivity (Wildman–Crippen MR) is 85.9 cm³/mol. The normalized spacial score (nSPS) is 40.5. The molecular formula is C20H25NO. The lowest BCUT2D eigenvalue weighted by molar-refractivity contribution is -0.114. The smallest absolute Gasteiger partial charge is 0.156 e. The van der Waals surface area contributed by atoms with Gasteiger partial charge in [0.2, 0.25) is 0 Å². The number of hydrogen-bond donors (Lipinski definition) is 0. The lowest BCUT2D eigenvalue weighted by Gasteiger charge is -2.49. The molecule has 0 unspecified atom stereocenters. The number of ketones is 1. The fourth-order valence-electron chi connectivity index (χ4n) is 6.08. The molecule has 0 aromatic rings. The van der Waals surface area contributed by atoms with Gasteiger partial charge in [-0.15, -0.1) is 0 Å². The summed E-state index contributed by atoms with van der Waals surface area (Å²) >= 11 is 0. The van der Waals surface area contributed by atoms with E-state index in [0.29, 0.717) is 23.5 Å². The summed E-state index contributed by atoms with van der Waals surface area (Å²) in [4.78, 5) is 11.7. The summed E-state index contributed by atoms with van der Waals surface area (Å²) in [6.07, 6.45) is 11.7. The van der Waals surface area contributed by atoms with Crippen LogP contribution in [0, 0.1) is 34.5 Å². The molecule has 0 heterocycles. The van der Waals surface area contributed by atoms with Gasteiger partial charge >= 0.3 is 0 Å². The summed E-state index contributed by atoms with van der Waals surface area (Å²) in [5.41, 5.74) is 5.00. The summed E-state index contributed by atoms with van der Waals surface area (Å²) in [5.74, 6) is 2.45. The summed E-state index contributed by atoms with van der Waals surface area (Å²) < 4.78 is 0. The first kappa shape index (κ1) is 14.2. The van der Waals surface area contributed by atoms with Crippen molar-refractivity contribution in [2.75, 3.05) is 0 Å². The number of fused-ring (bicyclic) bond motifs is 4. The maximum absolute atomic E-state index is 11.7. The van der Waals surface area contributed by atoms with E-state index >= 15 is 0 Å². The number of allylic oxidation sites excluding steroid dienone is 4. The monoisotopic (exact) mass is 295 g/mol. The largest absolute Gasteiger partial charge is 0.295 e. The lowest BCUT2D eigenvalue weighted by atomic mass is 9.56. The third-order valence-electron chi connectivity index (χ3n) is 7.27. The van der Waals surface area contributed by atoms with Crippen molar-refractivity contribution in [3.05, 3.63) is 22.8 Å². The molecule has 0 aromatic heterocycles. The second-order valence-corrected chi connectivity index (χ2v) is 8.03. The zero-order valence-corrected chi connectivity index (χ0v) is 13.5. The Morgan fingerprint density at radius 3 is 2.91 bits per heavy atom. The van der Waals surface area contributed by atoms with E-state index < -0.39 is 0 Å². The molecule has 0 radical (unpaired) electrons. The van der Waals surface area contributed by atoms with Gasteiger partial charge in [0.15, 0.2) is 5.78 Å². The Morgan fingerprint density at radius 2 is 2.09 bits per heavy atom. The van der Waals surface area contributed by atoms with Gasteiger partial charge < -0.3 is 0 Å². The molecule has 0 spiro atoms. The molecule has 0 amide bonds. The van der Waals surface area contributed by atoms with E-state index in [1.54, 1.807) is 11.1 Å². The average molecular weight is 295 g/mol. The van der Waals surface area contributed by atoms with Gasteiger partial charge in [-0.25, -0.2) is 0 Å². The van der Waals surface area contributed by atoms with Gasteiger partial charge in [-0.05, 0) is 85.3 Å². The Balaban J connectivity index is 1.69. The van der Waals surface area contributed by atoms with Crippen LogP contribution >= 0.6 is 0 Å². The number of hydrogen-bond acceptors (Lipinski definition) is 2. The Hall–Kier alpha value is -1.36. The molecular weight excluding hydrogens is 270 g/mol. The van der Waals surface area contributed by atoms with Gasteiger partial charge in [0.05, 0.1) is 6.07 Å². The van der Waals surface area contributed by atoms with Crippen molar-refractivity contribution in [3.63, 3.8) is 0 Å². The maximum atomic E-state index is 11.7. The van der Waals surface area contributed by atoms with E-state index in [9.17, 15) is 4.79 Å². The van der Waals surface area contributed by atoms with Crippen LogP contribution in [0.1, 0.15) is 64.7 Å². The van der Waals surface area contributed by atoms with E-state index in [1.807, 2.05) is 6.08 Å². The van der Waals surface area contributed by atoms with Crippen molar-refractivity contribution >= 4 is 5.78 Å². The quantitative estimate of drug-likeness (QED) is 0.702. The molecule has 4 atom stereocenters. The molecule has 0 saturated heterocycles. The molecule has 22 heavy (non-hydrogen) atoms. The summed E-state index contributed by atoms with van der Waals surface area (Å²) in [7, 11) is 0. The Kier molecular flexibility index (Phi) is 3.29. The van der Waals surface area contributed by atoms with Crippen LogP contribution in [-0.2, 0) is 4.79 Å². The minimum Gasteiger partial charge on any atom is -0.295 e. The molecule has 0 aliphatic heterocycles. The third kappa shape index (κ3) is 1.94. The van der Waals surface area contributed by atoms with Crippen LogP contribution in [0.4, 0.5) is 0 Å². The Labute approximate surface area is 133 Å². The molecule has 0 N–H and O–H groups in total. The van der Waals surface area contributed by atoms with Gasteiger partial charge in [-0.1, -0.05) is 12.5 Å². The topological polar surface area (TPSA) is 40.9 Å². The van der Waals surface area contributed by atoms with E-state index in [2.05, 4.69) is 13.0 Å². The Morgan fingerprint density at radius 1 is 1.23 bits per heavy atom. The first-order chi connectivity index (χ1) is 10.6. The highest BCUT2D eigenvalue weighted by Gasteiger charge is 2.53. The van der Waals surface area contributed by atoms with E-state index in [0.717, 1.165) is 31.1 Å². The second kappa shape index (κ2) is 5.08. The van der Waals surface area contributed by atoms with E-state index in [1.165, 1.54) is 37.7 Å². The lowest BCUT2D eigenvalue weighted by Crippen LogP contribution is -2.40. The standard InChI is InChI=1S/C20H25NO/c1-20-10-8-17-16-6-4-15(22)12-13(16)2-5-18(17)19(20)7-3-14(20)9-11-21/h12,14,18-19H,2-10H2,1H3/t14-,18+,19-,20+/m0/s1. The van der Waals surface area contributed by atoms with Gasteiger partial charge in [0.1, 0.15) is 0 Å². The molecule has 2 heteroatoms. The zero-order chi connectivity index (χ0) is 15.3. The number of carbonyl (C=O) groups excluding carboxylic acids is 1. The van der Waals surface area contributed by atoms with Crippen LogP contribution in [0.3, 0.4) is 0 Å². The molecule has 0 bridgehead atoms. The molecule has 4 aliphatic rings. The predicted octanol–water partition coefficient (Wildman–Crippen LogP) is 4.72. The zero-order valence-electron chi connectivity index (χ0n) is 13.5. The van der Waals surface area contributed by atoms with Crippen LogP contribution in [-0.4, -0.2) is 5.78 Å². The number of carbonyl (C=O) groups is 1. The molecule has 2 nitrogen and oxygen atoms in total. The minimum absolute atomic E-state index is 0.327. The van der Waals surface area contributed by atoms with Gasteiger partial charge in [0.25, 0.3) is 0 Å². The van der Waals surface area contributed by atoms with E-state index in [-0.39, 0.29) is 0 Å². The van der Waals surface area contributed by atoms with Crippen LogP contribution in [0.15, 0.2) is 22.8 Å². The molecule has 2 fully saturated rings. The molecule has 116 valence electrons. The van der Waals surface area contributed by atoms with Gasteiger partial charge in [0, 0.05) is 12.8 Å². The average Bonchev–Trinajstić information content (AvgIpc) is 2.84. The van der Waals surface area contributed by atoms with Crippen LogP contribution < -0.4 is 0 Å². The fourth-order valence-corrected chi connectivity index (χ4v) is 6.08. The number of nitriles is 1. The van der Waals surface area contributed by atoms with Crippen LogP contribution in [0.5, 0.6) is 0 Å². The molecule has 2 saturated carbocycles. The van der Waals surface area contributed by atoms with Crippen molar-refractivity contribution in [2.45, 2.75) is 64.7 Å². The third-order valence-corrected chi connectivity index (χ3v) is 7.27. The van der Waals surface area contributed by atoms with Crippen LogP contribution in [0.2, 0.25) is 0 Å². The van der Waals surface area contributed by atoms with Crippen molar-refractivity contribution in [1.82, 2.24) is 0 Å². The molecule has 4 rings (SSSR count). The summed E-state index contributed by atoms with van der Waals surface area (Å²) in [6, 6.07) is 2.43. The first-order valence-corrected chi connectivity index (χ1v) is 8.96. The molecule has 4 aliphatic carbocycles. The summed E-state index contributed by atoms with van der Waals surface area (Å²) in [6.45, 7) is 2.46. The highest BCUT2D eigenvalue weighted by Crippen LogP contribution is 2.62.